The van der Waals surface area contributed by atoms with Gasteiger partial charge in [-0.3, -0.25) is 14.6 Å². The summed E-state index contributed by atoms with van der Waals surface area (Å²) in [5.74, 6) is 0.0879. The van der Waals surface area contributed by atoms with Gasteiger partial charge >= 0.3 is 0 Å². The van der Waals surface area contributed by atoms with Crippen molar-refractivity contribution in [3.05, 3.63) is 59.4 Å². The van der Waals surface area contributed by atoms with Crippen LogP contribution in [-0.2, 0) is 0 Å². The van der Waals surface area contributed by atoms with Gasteiger partial charge in [-0.25, -0.2) is 0 Å². The predicted molar refractivity (Wildman–Crippen MR) is 109 cm³/mol. The van der Waals surface area contributed by atoms with E-state index in [1.165, 1.54) is 18.0 Å². The smallest absolute Gasteiger partial charge is 0.257 e. The van der Waals surface area contributed by atoms with Crippen LogP contribution in [0, 0.1) is 0 Å². The fourth-order valence-electron chi connectivity index (χ4n) is 2.87. The van der Waals surface area contributed by atoms with E-state index in [0.29, 0.717) is 30.1 Å². The predicted octanol–water partition coefficient (Wildman–Crippen LogP) is 4.72. The van der Waals surface area contributed by atoms with Crippen LogP contribution in [0.25, 0.3) is 0 Å². The number of carbonyl (C=O) groups excluding carboxylic acids is 2. The molecule has 5 nitrogen and oxygen atoms in total. The van der Waals surface area contributed by atoms with E-state index in [1.54, 1.807) is 6.07 Å². The zero-order chi connectivity index (χ0) is 19.8. The number of nitrogens with zero attached hydrogens (tertiary/aromatic N) is 2. The second-order valence-corrected chi connectivity index (χ2v) is 6.99. The molecule has 0 aliphatic carbocycles. The highest BCUT2D eigenvalue weighted by atomic mass is 16.2. The normalized spacial score (nSPS) is 10.7. The Labute approximate surface area is 161 Å². The lowest BCUT2D eigenvalue weighted by atomic mass is 10.0. The van der Waals surface area contributed by atoms with E-state index in [2.05, 4.69) is 24.1 Å². The molecule has 1 aromatic heterocycles. The topological polar surface area (TPSA) is 62.3 Å². The van der Waals surface area contributed by atoms with Gasteiger partial charge < -0.3 is 10.2 Å². The summed E-state index contributed by atoms with van der Waals surface area (Å²) in [6.45, 7) is 9.74. The van der Waals surface area contributed by atoms with Crippen LogP contribution in [0.5, 0.6) is 0 Å². The number of hydrogen-bond acceptors (Lipinski definition) is 3. The number of aromatic nitrogens is 1. The average molecular weight is 367 g/mol. The molecule has 0 unspecified atom stereocenters. The van der Waals surface area contributed by atoms with E-state index >= 15 is 0 Å². The Hall–Kier alpha value is -2.69. The number of nitrogens with one attached hydrogen (secondary N) is 1. The molecule has 2 aromatic rings. The van der Waals surface area contributed by atoms with Crippen molar-refractivity contribution in [2.45, 2.75) is 46.5 Å². The van der Waals surface area contributed by atoms with Crippen LogP contribution in [-0.4, -0.2) is 34.8 Å². The summed E-state index contributed by atoms with van der Waals surface area (Å²) in [5, 5.41) is 2.87. The maximum Gasteiger partial charge on any atom is 0.257 e. The van der Waals surface area contributed by atoms with Crippen LogP contribution in [0.2, 0.25) is 0 Å². The van der Waals surface area contributed by atoms with Crippen LogP contribution >= 0.6 is 0 Å². The lowest BCUT2D eigenvalue weighted by Gasteiger charge is -2.21. The molecule has 5 heteroatoms. The van der Waals surface area contributed by atoms with Crippen molar-refractivity contribution in [1.29, 1.82) is 0 Å². The summed E-state index contributed by atoms with van der Waals surface area (Å²) in [4.78, 5) is 31.2. The first-order chi connectivity index (χ1) is 13.0. The molecule has 27 heavy (non-hydrogen) atoms. The Bertz CT molecular complexity index is 763. The molecule has 0 radical (unpaired) electrons. The summed E-state index contributed by atoms with van der Waals surface area (Å²) >= 11 is 0. The zero-order valence-electron chi connectivity index (χ0n) is 16.7. The molecule has 1 N–H and O–H groups in total. The molecule has 0 bridgehead atoms. The van der Waals surface area contributed by atoms with Crippen molar-refractivity contribution in [3.63, 3.8) is 0 Å². The van der Waals surface area contributed by atoms with Crippen molar-refractivity contribution in [3.8, 4) is 0 Å². The first-order valence-corrected chi connectivity index (χ1v) is 9.61. The number of anilines is 1. The quantitative estimate of drug-likeness (QED) is 0.734. The van der Waals surface area contributed by atoms with Crippen LogP contribution in [0.15, 0.2) is 42.7 Å². The van der Waals surface area contributed by atoms with Gasteiger partial charge in [-0.2, -0.15) is 0 Å². The standard InChI is InChI=1S/C22H29N3O2/c1-5-11-25(12-6-2)22(27)19-13-18(14-23-15-19)21(26)24-20-9-7-17(8-10-20)16(3)4/h7-10,13-16H,5-6,11-12H2,1-4H3,(H,24,26). The van der Waals surface area contributed by atoms with Crippen molar-refractivity contribution in [2.24, 2.45) is 0 Å². The van der Waals surface area contributed by atoms with Gasteiger partial charge in [-0.1, -0.05) is 39.8 Å². The molecule has 0 atom stereocenters. The van der Waals surface area contributed by atoms with Crippen LogP contribution < -0.4 is 5.32 Å². The number of benzene rings is 1. The Balaban J connectivity index is 2.13. The van der Waals surface area contributed by atoms with Gasteiger partial charge in [0.2, 0.25) is 0 Å². The fourth-order valence-corrected chi connectivity index (χ4v) is 2.87. The van der Waals surface area contributed by atoms with E-state index in [0.717, 1.165) is 18.5 Å². The number of hydrogen-bond donors (Lipinski definition) is 1. The Morgan fingerprint density at radius 3 is 2.15 bits per heavy atom. The highest BCUT2D eigenvalue weighted by molar-refractivity contribution is 6.05. The average Bonchev–Trinajstić information content (AvgIpc) is 2.67. The second-order valence-electron chi connectivity index (χ2n) is 6.99. The molecule has 0 spiro atoms. The highest BCUT2D eigenvalue weighted by Crippen LogP contribution is 2.18. The van der Waals surface area contributed by atoms with Crippen molar-refractivity contribution >= 4 is 17.5 Å². The Morgan fingerprint density at radius 2 is 1.59 bits per heavy atom. The molecule has 144 valence electrons. The number of carbonyl (C=O) groups is 2. The fraction of sp³-hybridized carbons (Fsp3) is 0.409. The third kappa shape index (κ3) is 5.64. The second kappa shape index (κ2) is 9.86. The van der Waals surface area contributed by atoms with Gasteiger partial charge in [0.1, 0.15) is 0 Å². The van der Waals surface area contributed by atoms with Gasteiger partial charge in [0.15, 0.2) is 0 Å². The molecular weight excluding hydrogens is 338 g/mol. The van der Waals surface area contributed by atoms with Gasteiger partial charge in [-0.15, -0.1) is 0 Å². The summed E-state index contributed by atoms with van der Waals surface area (Å²) in [6.07, 6.45) is 4.80. The van der Waals surface area contributed by atoms with Crippen molar-refractivity contribution < 1.29 is 9.59 Å². The molecule has 2 amide bonds. The summed E-state index contributed by atoms with van der Waals surface area (Å²) in [6, 6.07) is 9.41. The van der Waals surface area contributed by atoms with Gasteiger partial charge in [0.05, 0.1) is 11.1 Å². The molecule has 2 rings (SSSR count). The zero-order valence-corrected chi connectivity index (χ0v) is 16.7. The first kappa shape index (κ1) is 20.6. The van der Waals surface area contributed by atoms with Crippen molar-refractivity contribution in [1.82, 2.24) is 9.88 Å². The molecule has 0 saturated heterocycles. The van der Waals surface area contributed by atoms with Gasteiger partial charge in [0, 0.05) is 31.2 Å². The van der Waals surface area contributed by atoms with Crippen LogP contribution in [0.1, 0.15) is 72.7 Å². The largest absolute Gasteiger partial charge is 0.339 e. The summed E-state index contributed by atoms with van der Waals surface area (Å²) < 4.78 is 0. The third-order valence-electron chi connectivity index (χ3n) is 4.36. The number of pyridine rings is 1. The maximum absolute atomic E-state index is 12.7. The SMILES string of the molecule is CCCN(CCC)C(=O)c1cncc(C(=O)Nc2ccc(C(C)C)cc2)c1. The van der Waals surface area contributed by atoms with E-state index in [4.69, 9.17) is 0 Å². The summed E-state index contributed by atoms with van der Waals surface area (Å²) in [5.41, 5.74) is 2.76. The molecular formula is C22H29N3O2. The van der Waals surface area contributed by atoms with E-state index in [1.807, 2.05) is 43.0 Å². The van der Waals surface area contributed by atoms with Gasteiger partial charge in [-0.05, 0) is 42.5 Å². The van der Waals surface area contributed by atoms with Gasteiger partial charge in [0.25, 0.3) is 11.8 Å². The molecule has 0 fully saturated rings. The maximum atomic E-state index is 12.7. The minimum atomic E-state index is -0.271. The van der Waals surface area contributed by atoms with E-state index in [-0.39, 0.29) is 11.8 Å². The molecule has 0 aliphatic heterocycles. The lowest BCUT2D eigenvalue weighted by molar-refractivity contribution is 0.0755. The first-order valence-electron chi connectivity index (χ1n) is 9.61. The minimum Gasteiger partial charge on any atom is -0.339 e. The minimum absolute atomic E-state index is 0.0814. The van der Waals surface area contributed by atoms with Crippen molar-refractivity contribution in [2.75, 3.05) is 18.4 Å². The summed E-state index contributed by atoms with van der Waals surface area (Å²) in [7, 11) is 0. The van der Waals surface area contributed by atoms with Crippen LogP contribution in [0.3, 0.4) is 0 Å². The number of amides is 2. The van der Waals surface area contributed by atoms with E-state index < -0.39 is 0 Å². The number of rotatable bonds is 8. The Kier molecular flexibility index (Phi) is 7.53. The molecule has 0 saturated carbocycles. The lowest BCUT2D eigenvalue weighted by Crippen LogP contribution is -2.32. The van der Waals surface area contributed by atoms with Crippen LogP contribution in [0.4, 0.5) is 5.69 Å². The Morgan fingerprint density at radius 1 is 1.00 bits per heavy atom. The molecule has 1 heterocycles. The molecule has 0 aliphatic rings. The monoisotopic (exact) mass is 367 g/mol. The van der Waals surface area contributed by atoms with E-state index in [9.17, 15) is 9.59 Å². The highest BCUT2D eigenvalue weighted by Gasteiger charge is 2.17. The third-order valence-corrected chi connectivity index (χ3v) is 4.36. The molecule has 1 aromatic carbocycles.